The molecule has 0 fully saturated rings. The number of benzene rings is 9. The Balaban J connectivity index is 1.10. The highest BCUT2D eigenvalue weighted by Gasteiger charge is 2.37. The summed E-state index contributed by atoms with van der Waals surface area (Å²) in [5.41, 5.74) is 13.6. The van der Waals surface area contributed by atoms with Gasteiger partial charge in [-0.25, -0.2) is 0 Å². The lowest BCUT2D eigenvalue weighted by molar-refractivity contribution is 0.660. The number of anilines is 3. The maximum atomic E-state index is 2.47. The molecular formula is C53H37NS. The van der Waals surface area contributed by atoms with Crippen LogP contribution in [0.2, 0.25) is 0 Å². The normalized spacial score (nSPS) is 13.1. The van der Waals surface area contributed by atoms with E-state index >= 15 is 0 Å². The van der Waals surface area contributed by atoms with Crippen LogP contribution in [0.3, 0.4) is 0 Å². The summed E-state index contributed by atoms with van der Waals surface area (Å²) >= 11 is 1.88. The Morgan fingerprint density at radius 1 is 0.418 bits per heavy atom. The van der Waals surface area contributed by atoms with Crippen molar-refractivity contribution in [2.45, 2.75) is 19.3 Å². The van der Waals surface area contributed by atoms with Gasteiger partial charge in [-0.2, -0.15) is 0 Å². The average molecular weight is 720 g/mol. The van der Waals surface area contributed by atoms with Crippen molar-refractivity contribution < 1.29 is 0 Å². The van der Waals surface area contributed by atoms with E-state index in [0.717, 1.165) is 11.4 Å². The first-order valence-corrected chi connectivity index (χ1v) is 19.9. The molecule has 2 heteroatoms. The zero-order valence-corrected chi connectivity index (χ0v) is 31.6. The molecule has 260 valence electrons. The fourth-order valence-corrected chi connectivity index (χ4v) is 10.4. The molecule has 1 aromatic heterocycles. The van der Waals surface area contributed by atoms with Gasteiger partial charge in [-0.1, -0.05) is 159 Å². The van der Waals surface area contributed by atoms with Crippen LogP contribution in [0.25, 0.3) is 75.1 Å². The molecule has 0 spiro atoms. The van der Waals surface area contributed by atoms with Gasteiger partial charge in [0.05, 0.1) is 5.69 Å². The molecule has 1 aliphatic carbocycles. The first-order valence-electron chi connectivity index (χ1n) is 19.1. The van der Waals surface area contributed by atoms with Crippen molar-refractivity contribution in [2.75, 3.05) is 4.90 Å². The van der Waals surface area contributed by atoms with E-state index in [2.05, 4.69) is 207 Å². The first-order chi connectivity index (χ1) is 27.0. The Labute approximate surface area is 325 Å². The summed E-state index contributed by atoms with van der Waals surface area (Å²) in [5, 5.41) is 7.79. The fourth-order valence-electron chi connectivity index (χ4n) is 9.26. The molecule has 10 aromatic rings. The van der Waals surface area contributed by atoms with Crippen molar-refractivity contribution in [2.24, 2.45) is 0 Å². The van der Waals surface area contributed by atoms with Gasteiger partial charge in [0, 0.05) is 42.5 Å². The van der Waals surface area contributed by atoms with Crippen LogP contribution in [-0.2, 0) is 5.41 Å². The quantitative estimate of drug-likeness (QED) is 0.171. The van der Waals surface area contributed by atoms with Crippen LogP contribution >= 0.6 is 11.3 Å². The second kappa shape index (κ2) is 12.3. The number of nitrogens with zero attached hydrogens (tertiary/aromatic N) is 1. The molecule has 0 unspecified atom stereocenters. The Bertz CT molecular complexity index is 3120. The Hall–Kier alpha value is -6.48. The minimum Gasteiger partial charge on any atom is -0.310 e. The van der Waals surface area contributed by atoms with E-state index in [9.17, 15) is 0 Å². The van der Waals surface area contributed by atoms with Crippen molar-refractivity contribution >= 4 is 70.1 Å². The van der Waals surface area contributed by atoms with Crippen LogP contribution in [-0.4, -0.2) is 0 Å². The zero-order valence-electron chi connectivity index (χ0n) is 30.8. The minimum atomic E-state index is -0.101. The minimum absolute atomic E-state index is 0.101. The van der Waals surface area contributed by atoms with Gasteiger partial charge < -0.3 is 4.90 Å². The molecule has 0 saturated carbocycles. The largest absolute Gasteiger partial charge is 0.310 e. The molecule has 55 heavy (non-hydrogen) atoms. The van der Waals surface area contributed by atoms with Crippen LogP contribution in [0.15, 0.2) is 188 Å². The van der Waals surface area contributed by atoms with E-state index in [4.69, 9.17) is 0 Å². The fraction of sp³-hybridized carbons (Fsp3) is 0.0566. The lowest BCUT2D eigenvalue weighted by Crippen LogP contribution is -2.16. The monoisotopic (exact) mass is 719 g/mol. The number of fused-ring (bicyclic) bond motifs is 9. The Morgan fingerprint density at radius 2 is 1.07 bits per heavy atom. The summed E-state index contributed by atoms with van der Waals surface area (Å²) in [6, 6.07) is 69.6. The van der Waals surface area contributed by atoms with Crippen molar-refractivity contribution in [3.8, 4) is 33.4 Å². The molecule has 0 aliphatic heterocycles. The summed E-state index contributed by atoms with van der Waals surface area (Å²) in [5.74, 6) is 0. The van der Waals surface area contributed by atoms with Gasteiger partial charge in [0.25, 0.3) is 0 Å². The molecule has 1 nitrogen and oxygen atoms in total. The van der Waals surface area contributed by atoms with Crippen LogP contribution in [0.4, 0.5) is 17.1 Å². The molecule has 11 rings (SSSR count). The molecular weight excluding hydrogens is 683 g/mol. The van der Waals surface area contributed by atoms with E-state index in [1.807, 2.05) is 11.3 Å². The molecule has 1 heterocycles. The van der Waals surface area contributed by atoms with Crippen molar-refractivity contribution in [3.05, 3.63) is 199 Å². The van der Waals surface area contributed by atoms with E-state index in [0.29, 0.717) is 0 Å². The maximum absolute atomic E-state index is 2.47. The third kappa shape index (κ3) is 4.92. The third-order valence-electron chi connectivity index (χ3n) is 11.9. The second-order valence-electron chi connectivity index (χ2n) is 15.3. The zero-order chi connectivity index (χ0) is 36.7. The predicted molar refractivity (Wildman–Crippen MR) is 237 cm³/mol. The van der Waals surface area contributed by atoms with Crippen LogP contribution in [0.5, 0.6) is 0 Å². The Morgan fingerprint density at radius 3 is 1.96 bits per heavy atom. The topological polar surface area (TPSA) is 3.24 Å². The SMILES string of the molecule is CC1(C)c2ccccc2-c2c(N(c3ccc(-c4cccc5c4ccc4sc6ccccc6c45)cc3)c3cccc(-c4cccc5ccccc45)c3)cccc21. The van der Waals surface area contributed by atoms with Crippen molar-refractivity contribution in [3.63, 3.8) is 0 Å². The van der Waals surface area contributed by atoms with E-state index < -0.39 is 0 Å². The van der Waals surface area contributed by atoms with Gasteiger partial charge in [0.2, 0.25) is 0 Å². The van der Waals surface area contributed by atoms with E-state index in [1.54, 1.807) is 0 Å². The molecule has 1 aliphatic rings. The molecule has 9 aromatic carbocycles. The summed E-state index contributed by atoms with van der Waals surface area (Å²) in [6.07, 6.45) is 0. The van der Waals surface area contributed by atoms with Gasteiger partial charge >= 0.3 is 0 Å². The Kier molecular flexibility index (Phi) is 7.14. The number of hydrogen-bond donors (Lipinski definition) is 0. The van der Waals surface area contributed by atoms with Gasteiger partial charge in [0.15, 0.2) is 0 Å². The highest BCUT2D eigenvalue weighted by molar-refractivity contribution is 7.26. The van der Waals surface area contributed by atoms with Crippen LogP contribution < -0.4 is 4.90 Å². The molecule has 0 bridgehead atoms. The number of thiophene rings is 1. The number of rotatable bonds is 5. The van der Waals surface area contributed by atoms with E-state index in [1.165, 1.54) is 91.9 Å². The van der Waals surface area contributed by atoms with Crippen LogP contribution in [0.1, 0.15) is 25.0 Å². The van der Waals surface area contributed by atoms with Gasteiger partial charge in [-0.3, -0.25) is 0 Å². The molecule has 0 radical (unpaired) electrons. The molecule has 0 N–H and O–H groups in total. The summed E-state index contributed by atoms with van der Waals surface area (Å²) in [7, 11) is 0. The predicted octanol–water partition coefficient (Wildman–Crippen LogP) is 15.5. The third-order valence-corrected chi connectivity index (χ3v) is 13.0. The summed E-state index contributed by atoms with van der Waals surface area (Å²) in [4.78, 5) is 2.47. The standard InChI is InChI=1S/C53H37NS/c1-53(2)46-23-7-5-18-44(46)52-47(53)24-12-25-48(52)54(38-16-9-15-36(33-38)41-20-10-14-34-13-3-4-17-39(34)41)37-29-27-35(28-30-37)40-21-11-22-43-42(40)31-32-50-51(43)45-19-6-8-26-49(45)55-50/h3-33H,1-2H3. The smallest absolute Gasteiger partial charge is 0.0543 e. The maximum Gasteiger partial charge on any atom is 0.0543 e. The van der Waals surface area contributed by atoms with Gasteiger partial charge in [-0.15, -0.1) is 11.3 Å². The van der Waals surface area contributed by atoms with Gasteiger partial charge in [-0.05, 0) is 103 Å². The lowest BCUT2D eigenvalue weighted by Gasteiger charge is -2.29. The highest BCUT2D eigenvalue weighted by atomic mass is 32.1. The summed E-state index contributed by atoms with van der Waals surface area (Å²) < 4.78 is 2.67. The first kappa shape index (κ1) is 32.0. The molecule has 0 amide bonds. The number of hydrogen-bond acceptors (Lipinski definition) is 2. The average Bonchev–Trinajstić information content (AvgIpc) is 3.74. The van der Waals surface area contributed by atoms with Crippen molar-refractivity contribution in [1.29, 1.82) is 0 Å². The molecule has 0 saturated heterocycles. The van der Waals surface area contributed by atoms with Gasteiger partial charge in [0.1, 0.15) is 0 Å². The van der Waals surface area contributed by atoms with Crippen molar-refractivity contribution in [1.82, 2.24) is 0 Å². The second-order valence-corrected chi connectivity index (χ2v) is 16.4. The van der Waals surface area contributed by atoms with E-state index in [-0.39, 0.29) is 5.41 Å². The summed E-state index contributed by atoms with van der Waals surface area (Å²) in [6.45, 7) is 4.72. The molecule has 0 atom stereocenters. The van der Waals surface area contributed by atoms with Crippen LogP contribution in [0, 0.1) is 0 Å². The highest BCUT2D eigenvalue weighted by Crippen LogP contribution is 2.54. The lowest BCUT2D eigenvalue weighted by atomic mass is 9.82.